The Morgan fingerprint density at radius 3 is 2.41 bits per heavy atom. The van der Waals surface area contributed by atoms with Gasteiger partial charge in [0, 0.05) is 5.39 Å². The topological polar surface area (TPSA) is 26.3 Å². The van der Waals surface area contributed by atoms with Gasteiger partial charge in [-0.25, -0.2) is 13.2 Å². The Morgan fingerprint density at radius 1 is 0.966 bits per heavy atom. The number of unbranched alkanes of at least 4 members (excludes halogenated alkanes) is 4. The third kappa shape index (κ3) is 5.52. The van der Waals surface area contributed by atoms with Crippen molar-refractivity contribution in [2.45, 2.75) is 71.1 Å². The highest BCUT2D eigenvalue weighted by atomic mass is 19.2. The Hall–Kier alpha value is -2.04. The van der Waals surface area contributed by atoms with Crippen LogP contribution in [0.3, 0.4) is 0 Å². The van der Waals surface area contributed by atoms with Crippen LogP contribution in [0.4, 0.5) is 13.2 Å². The van der Waals surface area contributed by atoms with Gasteiger partial charge in [-0.15, -0.1) is 0 Å². The van der Waals surface area contributed by atoms with Gasteiger partial charge in [-0.2, -0.15) is 0 Å². The average Bonchev–Trinajstić information content (AvgIpc) is 2.72. The van der Waals surface area contributed by atoms with Crippen LogP contribution >= 0.6 is 0 Å². The van der Waals surface area contributed by atoms with E-state index < -0.39 is 17.5 Å². The standard InChI is InChI=1S/C24H29F3O2/c1-2-3-4-5-6-7-16-8-10-17(11-9-16)24(28)29-19-12-13-20-18(14-19)15-21(25)23(27)22(20)26/h12-17H,2-11H2,1H3. The van der Waals surface area contributed by atoms with Gasteiger partial charge >= 0.3 is 5.97 Å². The fraction of sp³-hybridized carbons (Fsp3) is 0.542. The first-order valence-corrected chi connectivity index (χ1v) is 10.8. The van der Waals surface area contributed by atoms with Gasteiger partial charge in [0.25, 0.3) is 0 Å². The smallest absolute Gasteiger partial charge is 0.314 e. The maximum atomic E-state index is 13.8. The average molecular weight is 406 g/mol. The van der Waals surface area contributed by atoms with Crippen molar-refractivity contribution >= 4 is 16.7 Å². The Labute approximate surface area is 170 Å². The molecule has 0 heterocycles. The van der Waals surface area contributed by atoms with Crippen LogP contribution < -0.4 is 4.74 Å². The van der Waals surface area contributed by atoms with Crippen molar-refractivity contribution < 1.29 is 22.7 Å². The summed E-state index contributed by atoms with van der Waals surface area (Å²) in [5, 5.41) is 0.127. The van der Waals surface area contributed by atoms with Crippen LogP contribution in [0.15, 0.2) is 24.3 Å². The Kier molecular flexibility index (Phi) is 7.57. The fourth-order valence-electron chi connectivity index (χ4n) is 4.27. The first-order valence-electron chi connectivity index (χ1n) is 10.8. The van der Waals surface area contributed by atoms with E-state index in [0.29, 0.717) is 5.92 Å². The lowest BCUT2D eigenvalue weighted by molar-refractivity contribution is -0.140. The van der Waals surface area contributed by atoms with E-state index in [0.717, 1.165) is 31.7 Å². The molecule has 0 bridgehead atoms. The monoisotopic (exact) mass is 406 g/mol. The highest BCUT2D eigenvalue weighted by Crippen LogP contribution is 2.34. The highest BCUT2D eigenvalue weighted by Gasteiger charge is 2.27. The van der Waals surface area contributed by atoms with E-state index in [4.69, 9.17) is 4.74 Å². The van der Waals surface area contributed by atoms with Crippen molar-refractivity contribution in [2.24, 2.45) is 11.8 Å². The van der Waals surface area contributed by atoms with Crippen LogP contribution in [0, 0.1) is 29.3 Å². The van der Waals surface area contributed by atoms with Crippen LogP contribution in [-0.4, -0.2) is 5.97 Å². The van der Waals surface area contributed by atoms with E-state index in [1.54, 1.807) is 0 Å². The number of hydrogen-bond acceptors (Lipinski definition) is 2. The summed E-state index contributed by atoms with van der Waals surface area (Å²) in [5.41, 5.74) is 0. The number of hydrogen-bond donors (Lipinski definition) is 0. The molecular formula is C24H29F3O2. The van der Waals surface area contributed by atoms with Crippen molar-refractivity contribution in [1.29, 1.82) is 0 Å². The molecule has 1 aliphatic carbocycles. The third-order valence-electron chi connectivity index (χ3n) is 6.06. The second-order valence-electron chi connectivity index (χ2n) is 8.21. The first-order chi connectivity index (χ1) is 14.0. The molecule has 0 N–H and O–H groups in total. The van der Waals surface area contributed by atoms with Crippen LogP contribution in [-0.2, 0) is 4.79 Å². The maximum Gasteiger partial charge on any atom is 0.314 e. The minimum absolute atomic E-state index is 0.0388. The van der Waals surface area contributed by atoms with Gasteiger partial charge in [0.2, 0.25) is 0 Å². The predicted octanol–water partition coefficient (Wildman–Crippen LogP) is 7.33. The van der Waals surface area contributed by atoms with Crippen LogP contribution in [0.2, 0.25) is 0 Å². The summed E-state index contributed by atoms with van der Waals surface area (Å²) in [6.45, 7) is 2.22. The van der Waals surface area contributed by atoms with Crippen molar-refractivity contribution in [3.05, 3.63) is 41.7 Å². The number of carbonyl (C=O) groups excluding carboxylic acids is 1. The number of rotatable bonds is 8. The van der Waals surface area contributed by atoms with Crippen molar-refractivity contribution in [1.82, 2.24) is 0 Å². The Bertz CT molecular complexity index is 842. The van der Waals surface area contributed by atoms with E-state index >= 15 is 0 Å². The van der Waals surface area contributed by atoms with Crippen LogP contribution in [0.5, 0.6) is 5.75 Å². The van der Waals surface area contributed by atoms with Crippen LogP contribution in [0.25, 0.3) is 10.8 Å². The molecule has 0 radical (unpaired) electrons. The summed E-state index contributed by atoms with van der Waals surface area (Å²) in [6, 6.07) is 5.02. The number of halogens is 3. The molecule has 2 aromatic rings. The molecule has 29 heavy (non-hydrogen) atoms. The normalized spacial score (nSPS) is 19.4. The van der Waals surface area contributed by atoms with E-state index in [-0.39, 0.29) is 28.4 Å². The van der Waals surface area contributed by atoms with Gasteiger partial charge in [-0.3, -0.25) is 4.79 Å². The summed E-state index contributed by atoms with van der Waals surface area (Å²) >= 11 is 0. The lowest BCUT2D eigenvalue weighted by Gasteiger charge is -2.27. The first kappa shape index (κ1) is 21.7. The molecule has 0 amide bonds. The molecule has 0 atom stereocenters. The Morgan fingerprint density at radius 2 is 1.69 bits per heavy atom. The fourth-order valence-corrected chi connectivity index (χ4v) is 4.27. The molecule has 0 unspecified atom stereocenters. The van der Waals surface area contributed by atoms with Crippen LogP contribution in [0.1, 0.15) is 71.1 Å². The number of fused-ring (bicyclic) bond motifs is 1. The summed E-state index contributed by atoms with van der Waals surface area (Å²) in [6.07, 6.45) is 11.4. The molecule has 0 aliphatic heterocycles. The maximum absolute atomic E-state index is 13.8. The van der Waals surface area contributed by atoms with Crippen molar-refractivity contribution in [3.8, 4) is 5.75 Å². The molecule has 2 nitrogen and oxygen atoms in total. The molecule has 1 aliphatic rings. The molecular weight excluding hydrogens is 377 g/mol. The molecule has 5 heteroatoms. The second-order valence-corrected chi connectivity index (χ2v) is 8.21. The van der Waals surface area contributed by atoms with Gasteiger partial charge in [0.1, 0.15) is 5.75 Å². The quantitative estimate of drug-likeness (QED) is 0.199. The van der Waals surface area contributed by atoms with Gasteiger partial charge < -0.3 is 4.74 Å². The summed E-state index contributed by atoms with van der Waals surface area (Å²) in [4.78, 5) is 12.5. The highest BCUT2D eigenvalue weighted by molar-refractivity contribution is 5.85. The SMILES string of the molecule is CCCCCCCC1CCC(C(=O)Oc2ccc3c(F)c(F)c(F)cc3c2)CC1. The van der Waals surface area contributed by atoms with Gasteiger partial charge in [0.05, 0.1) is 5.92 Å². The van der Waals surface area contributed by atoms with Gasteiger partial charge in [-0.05, 0) is 61.3 Å². The third-order valence-corrected chi connectivity index (χ3v) is 6.06. The molecule has 1 saturated carbocycles. The molecule has 0 aromatic heterocycles. The zero-order valence-corrected chi connectivity index (χ0v) is 17.0. The number of carbonyl (C=O) groups is 1. The molecule has 1 fully saturated rings. The molecule has 0 spiro atoms. The molecule has 158 valence electrons. The predicted molar refractivity (Wildman–Crippen MR) is 108 cm³/mol. The summed E-state index contributed by atoms with van der Waals surface area (Å²) in [5.74, 6) is -3.49. The second kappa shape index (κ2) is 10.1. The van der Waals surface area contributed by atoms with E-state index in [1.807, 2.05) is 0 Å². The number of esters is 1. The number of ether oxygens (including phenoxy) is 1. The van der Waals surface area contributed by atoms with Crippen molar-refractivity contribution in [2.75, 3.05) is 0 Å². The van der Waals surface area contributed by atoms with E-state index in [1.165, 1.54) is 56.7 Å². The lowest BCUT2D eigenvalue weighted by Crippen LogP contribution is -2.25. The molecule has 0 saturated heterocycles. The zero-order valence-electron chi connectivity index (χ0n) is 17.0. The zero-order chi connectivity index (χ0) is 20.8. The minimum Gasteiger partial charge on any atom is -0.426 e. The van der Waals surface area contributed by atoms with E-state index in [2.05, 4.69) is 6.92 Å². The van der Waals surface area contributed by atoms with Gasteiger partial charge in [-0.1, -0.05) is 45.4 Å². The van der Waals surface area contributed by atoms with Gasteiger partial charge in [0.15, 0.2) is 17.5 Å². The Balaban J connectivity index is 1.51. The van der Waals surface area contributed by atoms with E-state index in [9.17, 15) is 18.0 Å². The summed E-state index contributed by atoms with van der Waals surface area (Å²) < 4.78 is 46.1. The van der Waals surface area contributed by atoms with Crippen molar-refractivity contribution in [3.63, 3.8) is 0 Å². The summed E-state index contributed by atoms with van der Waals surface area (Å²) in [7, 11) is 0. The molecule has 3 rings (SSSR count). The molecule has 2 aromatic carbocycles. The largest absolute Gasteiger partial charge is 0.426 e. The lowest BCUT2D eigenvalue weighted by atomic mass is 9.80. The number of benzene rings is 2. The minimum atomic E-state index is -1.50.